The van der Waals surface area contributed by atoms with E-state index < -0.39 is 0 Å². The molecule has 10 heteroatoms. The molecule has 0 unspecified atom stereocenters. The largest absolute Gasteiger partial charge is 0.358 e. The van der Waals surface area contributed by atoms with E-state index in [1.54, 1.807) is 0 Å². The summed E-state index contributed by atoms with van der Waals surface area (Å²) in [5, 5.41) is 5.95. The average molecular weight is 519 g/mol. The molecule has 0 heterocycles. The van der Waals surface area contributed by atoms with Gasteiger partial charge in [-0.2, -0.15) is 0 Å². The maximum atomic E-state index is 12.9. The molecule has 0 saturated heterocycles. The highest BCUT2D eigenvalue weighted by Gasteiger charge is 2.21. The number of carbonyl (C=O) groups excluding carboxylic acids is 3. The number of quaternary nitrogens is 5. The molecule has 15 N–H and O–H groups in total. The summed E-state index contributed by atoms with van der Waals surface area (Å²) in [6, 6.07) is -0.465. The van der Waals surface area contributed by atoms with Crippen LogP contribution in [0.25, 0.3) is 0 Å². The van der Waals surface area contributed by atoms with Crippen molar-refractivity contribution in [1.29, 1.82) is 0 Å². The lowest BCUT2D eigenvalue weighted by atomic mass is 10.1. The van der Waals surface area contributed by atoms with Gasteiger partial charge in [-0.1, -0.05) is 32.6 Å². The Morgan fingerprint density at radius 2 is 1.14 bits per heavy atom. The first kappa shape index (κ1) is 34.4. The van der Waals surface area contributed by atoms with Gasteiger partial charge in [0.05, 0.1) is 32.6 Å². The van der Waals surface area contributed by atoms with Crippen molar-refractivity contribution in [1.82, 2.24) is 10.6 Å². The molecule has 36 heavy (non-hydrogen) atoms. The molecule has 0 aromatic heterocycles. The maximum Gasteiger partial charge on any atom is 0.312 e. The Kier molecular flexibility index (Phi) is 22.7. The molecule has 0 aliphatic heterocycles. The van der Waals surface area contributed by atoms with Crippen LogP contribution in [-0.4, -0.2) is 69.1 Å². The summed E-state index contributed by atoms with van der Waals surface area (Å²) in [6.45, 7) is 6.45. The van der Waals surface area contributed by atoms with E-state index in [1.165, 1.54) is 19.3 Å². The highest BCUT2D eigenvalue weighted by Crippen LogP contribution is 2.04. The molecule has 212 valence electrons. The highest BCUT2D eigenvalue weighted by atomic mass is 16.2. The van der Waals surface area contributed by atoms with Crippen molar-refractivity contribution in [3.63, 3.8) is 0 Å². The molecule has 0 aliphatic rings. The number of rotatable bonds is 24. The van der Waals surface area contributed by atoms with Crippen molar-refractivity contribution in [3.05, 3.63) is 0 Å². The fourth-order valence-electron chi connectivity index (χ4n) is 4.18. The molecule has 2 atom stereocenters. The Morgan fingerprint density at radius 3 is 1.58 bits per heavy atom. The Bertz CT molecular complexity index is 542. The summed E-state index contributed by atoms with van der Waals surface area (Å²) in [7, 11) is 0. The van der Waals surface area contributed by atoms with Crippen LogP contribution >= 0.6 is 0 Å². The Labute approximate surface area is 219 Å². The number of carbonyl (C=O) groups is 3. The lowest BCUT2D eigenvalue weighted by Crippen LogP contribution is -3.14. The summed E-state index contributed by atoms with van der Waals surface area (Å²) in [6.07, 6.45) is 13.2. The minimum Gasteiger partial charge on any atom is -0.358 e. The number of nitrogens with one attached hydrogen (secondary N) is 3. The van der Waals surface area contributed by atoms with Gasteiger partial charge in [-0.25, -0.2) is 4.79 Å². The van der Waals surface area contributed by atoms with Crippen molar-refractivity contribution in [3.8, 4) is 0 Å². The van der Waals surface area contributed by atoms with Crippen LogP contribution in [0.3, 0.4) is 0 Å². The van der Waals surface area contributed by atoms with Gasteiger partial charge in [0.15, 0.2) is 12.1 Å². The number of hydrogen-bond donors (Lipinski definition) is 7. The maximum absolute atomic E-state index is 12.9. The van der Waals surface area contributed by atoms with E-state index in [1.807, 2.05) is 0 Å². The quantitative estimate of drug-likeness (QED) is 0.0664. The summed E-state index contributed by atoms with van der Waals surface area (Å²) >= 11 is 0. The van der Waals surface area contributed by atoms with Crippen LogP contribution < -0.4 is 38.5 Å². The van der Waals surface area contributed by atoms with Crippen LogP contribution in [0.5, 0.6) is 0 Å². The second-order valence-electron chi connectivity index (χ2n) is 10.1. The first-order valence-corrected chi connectivity index (χ1v) is 14.5. The third-order valence-corrected chi connectivity index (χ3v) is 6.66. The van der Waals surface area contributed by atoms with Crippen molar-refractivity contribution in [2.75, 3.05) is 39.3 Å². The van der Waals surface area contributed by atoms with E-state index in [0.717, 1.165) is 82.2 Å². The SMILES string of the molecule is CCCCCCCC(=O)[NH+](CCCNC(=O)[C@@H]([NH3+])CCCC[NH3+])CCCNC(=O)[C@@H]([NH3+])CCCC[NH3+]. The van der Waals surface area contributed by atoms with Crippen LogP contribution in [0.4, 0.5) is 0 Å². The predicted molar refractivity (Wildman–Crippen MR) is 141 cm³/mol. The van der Waals surface area contributed by atoms with Gasteiger partial charge in [-0.15, -0.1) is 0 Å². The second-order valence-corrected chi connectivity index (χ2v) is 10.1. The number of hydrogen-bond acceptors (Lipinski definition) is 3. The summed E-state index contributed by atoms with van der Waals surface area (Å²) in [4.78, 5) is 38.3. The Hall–Kier alpha value is -1.59. The molecular formula is C26H60N7O3+5. The first-order chi connectivity index (χ1) is 17.4. The molecule has 0 spiro atoms. The molecule has 0 rings (SSSR count). The van der Waals surface area contributed by atoms with Gasteiger partial charge < -0.3 is 33.6 Å². The average Bonchev–Trinajstić information content (AvgIpc) is 2.87. The topological polar surface area (TPSA) is 190 Å². The van der Waals surface area contributed by atoms with Gasteiger partial charge in [0.25, 0.3) is 11.8 Å². The summed E-state index contributed by atoms with van der Waals surface area (Å²) in [5.74, 6) is 0.225. The predicted octanol–water partition coefficient (Wildman–Crippen LogP) is -3.18. The van der Waals surface area contributed by atoms with Crippen molar-refractivity contribution >= 4 is 17.7 Å². The summed E-state index contributed by atoms with van der Waals surface area (Å²) in [5.41, 5.74) is 15.6. The zero-order chi connectivity index (χ0) is 27.0. The normalized spacial score (nSPS) is 12.9. The molecule has 0 aliphatic carbocycles. The van der Waals surface area contributed by atoms with Crippen molar-refractivity contribution in [2.24, 2.45) is 0 Å². The lowest BCUT2D eigenvalue weighted by Gasteiger charge is -2.18. The van der Waals surface area contributed by atoms with Crippen LogP contribution in [0.2, 0.25) is 0 Å². The van der Waals surface area contributed by atoms with Crippen molar-refractivity contribution in [2.45, 2.75) is 109 Å². The van der Waals surface area contributed by atoms with Crippen LogP contribution in [0, 0.1) is 0 Å². The third kappa shape index (κ3) is 18.6. The monoisotopic (exact) mass is 518 g/mol. The minimum absolute atomic E-state index is 0.0106. The zero-order valence-electron chi connectivity index (χ0n) is 23.4. The zero-order valence-corrected chi connectivity index (χ0v) is 23.4. The molecule has 3 amide bonds. The van der Waals surface area contributed by atoms with E-state index >= 15 is 0 Å². The minimum atomic E-state index is -0.233. The smallest absolute Gasteiger partial charge is 0.312 e. The Balaban J connectivity index is 4.47. The number of unbranched alkanes of at least 4 members (excludes halogenated alkanes) is 6. The second kappa shape index (κ2) is 23.8. The van der Waals surface area contributed by atoms with E-state index in [0.29, 0.717) is 32.6 Å². The van der Waals surface area contributed by atoms with E-state index in [9.17, 15) is 14.4 Å². The lowest BCUT2D eigenvalue weighted by molar-refractivity contribution is -0.821. The molecular weight excluding hydrogens is 458 g/mol. The van der Waals surface area contributed by atoms with E-state index in [2.05, 4.69) is 40.5 Å². The fraction of sp³-hybridized carbons (Fsp3) is 0.885. The van der Waals surface area contributed by atoms with Gasteiger partial charge >= 0.3 is 5.91 Å². The number of amides is 3. The fourth-order valence-corrected chi connectivity index (χ4v) is 4.18. The van der Waals surface area contributed by atoms with Gasteiger partial charge in [0.1, 0.15) is 0 Å². The molecule has 0 bridgehead atoms. The van der Waals surface area contributed by atoms with Crippen LogP contribution in [0.15, 0.2) is 0 Å². The standard InChI is InChI=1S/C26H55N7O3/c1-2-3-4-5-6-15-24(34)33(20-11-18-31-25(35)22(29)13-7-9-16-27)21-12-19-32-26(36)23(30)14-8-10-17-28/h22-23H,2-21,27-30H2,1H3,(H,31,35)(H,32,36)/p+5/t22-,23-/m0/s1. The van der Waals surface area contributed by atoms with Crippen molar-refractivity contribution < 1.29 is 42.2 Å². The first-order valence-electron chi connectivity index (χ1n) is 14.5. The van der Waals surface area contributed by atoms with Gasteiger partial charge in [0, 0.05) is 38.8 Å². The highest BCUT2D eigenvalue weighted by molar-refractivity contribution is 5.80. The van der Waals surface area contributed by atoms with E-state index in [4.69, 9.17) is 0 Å². The molecule has 0 fully saturated rings. The molecule has 0 radical (unpaired) electrons. The van der Waals surface area contributed by atoms with Crippen LogP contribution in [-0.2, 0) is 14.4 Å². The van der Waals surface area contributed by atoms with Crippen LogP contribution in [0.1, 0.15) is 96.8 Å². The molecule has 0 saturated carbocycles. The third-order valence-electron chi connectivity index (χ3n) is 6.66. The Morgan fingerprint density at radius 1 is 0.667 bits per heavy atom. The van der Waals surface area contributed by atoms with Gasteiger partial charge in [-0.05, 0) is 32.1 Å². The molecule has 0 aromatic rings. The van der Waals surface area contributed by atoms with Gasteiger partial charge in [0.2, 0.25) is 0 Å². The molecule has 10 nitrogen and oxygen atoms in total. The summed E-state index contributed by atoms with van der Waals surface area (Å²) < 4.78 is 0. The van der Waals surface area contributed by atoms with E-state index in [-0.39, 0.29) is 29.8 Å². The molecule has 0 aromatic carbocycles. The van der Waals surface area contributed by atoms with Gasteiger partial charge in [-0.3, -0.25) is 14.5 Å².